The predicted molar refractivity (Wildman–Crippen MR) is 118 cm³/mol. The molecule has 0 aromatic heterocycles. The lowest BCUT2D eigenvalue weighted by molar-refractivity contribution is -0.120. The maximum atomic E-state index is 11.9. The molecular weight excluding hydrogens is 409 g/mol. The molecule has 0 aliphatic heterocycles. The fraction of sp³-hybridized carbons (Fsp3) is 0.364. The molecule has 0 saturated heterocycles. The Balaban J connectivity index is 1.45. The molecule has 29 heavy (non-hydrogen) atoms. The van der Waals surface area contributed by atoms with Gasteiger partial charge in [0.2, 0.25) is 0 Å². The van der Waals surface area contributed by atoms with Crippen LogP contribution < -0.4 is 15.5 Å². The molecule has 5 nitrogen and oxygen atoms in total. The quantitative estimate of drug-likeness (QED) is 0.457. The molecule has 2 N–H and O–H groups in total. The number of benzene rings is 2. The SMILES string of the molecule is O=C(CNC1CCCCC1)N/N=C\c1cccc(OCc2ccc(Cl)cc2Cl)c1. The highest BCUT2D eigenvalue weighted by atomic mass is 35.5. The zero-order chi connectivity index (χ0) is 20.5. The summed E-state index contributed by atoms with van der Waals surface area (Å²) < 4.78 is 5.80. The van der Waals surface area contributed by atoms with Gasteiger partial charge in [0, 0.05) is 21.7 Å². The minimum absolute atomic E-state index is 0.142. The van der Waals surface area contributed by atoms with Crippen molar-refractivity contribution in [3.05, 3.63) is 63.6 Å². The molecule has 0 atom stereocenters. The summed E-state index contributed by atoms with van der Waals surface area (Å²) in [4.78, 5) is 11.9. The topological polar surface area (TPSA) is 62.7 Å². The summed E-state index contributed by atoms with van der Waals surface area (Å²) >= 11 is 12.1. The van der Waals surface area contributed by atoms with E-state index in [2.05, 4.69) is 15.8 Å². The maximum absolute atomic E-state index is 11.9. The van der Waals surface area contributed by atoms with Crippen LogP contribution in [0.4, 0.5) is 0 Å². The van der Waals surface area contributed by atoms with Gasteiger partial charge in [-0.05, 0) is 42.7 Å². The monoisotopic (exact) mass is 433 g/mol. The molecule has 0 bridgehead atoms. The van der Waals surface area contributed by atoms with E-state index in [0.29, 0.717) is 28.4 Å². The second-order valence-electron chi connectivity index (χ2n) is 7.11. The lowest BCUT2D eigenvalue weighted by Gasteiger charge is -2.22. The Morgan fingerprint density at radius 1 is 1.14 bits per heavy atom. The van der Waals surface area contributed by atoms with E-state index < -0.39 is 0 Å². The van der Waals surface area contributed by atoms with Gasteiger partial charge in [0.15, 0.2) is 0 Å². The van der Waals surface area contributed by atoms with Gasteiger partial charge in [0.1, 0.15) is 12.4 Å². The lowest BCUT2D eigenvalue weighted by atomic mass is 9.95. The molecular formula is C22H25Cl2N3O2. The molecule has 1 amide bonds. The molecule has 1 saturated carbocycles. The van der Waals surface area contributed by atoms with Gasteiger partial charge in [0.25, 0.3) is 5.91 Å². The van der Waals surface area contributed by atoms with Crippen LogP contribution in [0.15, 0.2) is 47.6 Å². The summed E-state index contributed by atoms with van der Waals surface area (Å²) in [5.74, 6) is 0.543. The zero-order valence-electron chi connectivity index (χ0n) is 16.2. The highest BCUT2D eigenvalue weighted by Gasteiger charge is 2.13. The average Bonchev–Trinajstić information content (AvgIpc) is 2.73. The third-order valence-electron chi connectivity index (χ3n) is 4.83. The molecule has 3 rings (SSSR count). The van der Waals surface area contributed by atoms with Crippen molar-refractivity contribution in [3.8, 4) is 5.75 Å². The van der Waals surface area contributed by atoms with Crippen molar-refractivity contribution in [2.45, 2.75) is 44.8 Å². The number of rotatable bonds is 8. The highest BCUT2D eigenvalue weighted by Crippen LogP contribution is 2.23. The molecule has 1 aliphatic carbocycles. The van der Waals surface area contributed by atoms with Crippen LogP contribution in [0.1, 0.15) is 43.2 Å². The summed E-state index contributed by atoms with van der Waals surface area (Å²) in [6.45, 7) is 0.618. The largest absolute Gasteiger partial charge is 0.489 e. The molecule has 2 aromatic carbocycles. The van der Waals surface area contributed by atoms with Crippen molar-refractivity contribution < 1.29 is 9.53 Å². The predicted octanol–water partition coefficient (Wildman–Crippen LogP) is 4.94. The summed E-state index contributed by atoms with van der Waals surface area (Å²) in [5.41, 5.74) is 4.24. The van der Waals surface area contributed by atoms with Gasteiger partial charge in [-0.2, -0.15) is 5.10 Å². The number of hydrazone groups is 1. The van der Waals surface area contributed by atoms with Crippen LogP contribution in [0.3, 0.4) is 0 Å². The molecule has 154 valence electrons. The number of nitrogens with one attached hydrogen (secondary N) is 2. The van der Waals surface area contributed by atoms with Crippen molar-refractivity contribution in [1.82, 2.24) is 10.7 Å². The first-order valence-corrected chi connectivity index (χ1v) is 10.6. The summed E-state index contributed by atoms with van der Waals surface area (Å²) in [5, 5.41) is 8.49. The second-order valence-corrected chi connectivity index (χ2v) is 7.95. The van der Waals surface area contributed by atoms with Crippen molar-refractivity contribution >= 4 is 35.3 Å². The van der Waals surface area contributed by atoms with Crippen LogP contribution in [0.2, 0.25) is 10.0 Å². The highest BCUT2D eigenvalue weighted by molar-refractivity contribution is 6.35. The van der Waals surface area contributed by atoms with Gasteiger partial charge >= 0.3 is 0 Å². The number of ether oxygens (including phenoxy) is 1. The minimum Gasteiger partial charge on any atom is -0.489 e. The van der Waals surface area contributed by atoms with E-state index in [1.54, 1.807) is 18.3 Å². The van der Waals surface area contributed by atoms with Gasteiger partial charge < -0.3 is 10.1 Å². The number of hydrogen-bond acceptors (Lipinski definition) is 4. The smallest absolute Gasteiger partial charge is 0.254 e. The Morgan fingerprint density at radius 2 is 1.97 bits per heavy atom. The Hall–Kier alpha value is -2.08. The van der Waals surface area contributed by atoms with E-state index >= 15 is 0 Å². The minimum atomic E-state index is -0.142. The molecule has 2 aromatic rings. The average molecular weight is 434 g/mol. The van der Waals surface area contributed by atoms with Crippen LogP contribution in [-0.4, -0.2) is 24.7 Å². The molecule has 0 radical (unpaired) electrons. The summed E-state index contributed by atoms with van der Waals surface area (Å²) in [6, 6.07) is 13.2. The first-order chi connectivity index (χ1) is 14.1. The van der Waals surface area contributed by atoms with Crippen LogP contribution in [0.5, 0.6) is 5.75 Å². The van der Waals surface area contributed by atoms with Crippen molar-refractivity contribution in [3.63, 3.8) is 0 Å². The fourth-order valence-corrected chi connectivity index (χ4v) is 3.71. The van der Waals surface area contributed by atoms with Crippen molar-refractivity contribution in [2.75, 3.05) is 6.54 Å². The van der Waals surface area contributed by atoms with Crippen molar-refractivity contribution in [2.24, 2.45) is 5.10 Å². The van der Waals surface area contributed by atoms with Gasteiger partial charge in [-0.1, -0.05) is 60.7 Å². The molecule has 0 unspecified atom stereocenters. The number of halogens is 2. The number of hydrogen-bond donors (Lipinski definition) is 2. The number of nitrogens with zero attached hydrogens (tertiary/aromatic N) is 1. The van der Waals surface area contributed by atoms with E-state index in [1.807, 2.05) is 30.3 Å². The van der Waals surface area contributed by atoms with E-state index in [0.717, 1.165) is 24.0 Å². The zero-order valence-corrected chi connectivity index (χ0v) is 17.7. The van der Waals surface area contributed by atoms with Gasteiger partial charge in [-0.3, -0.25) is 4.79 Å². The van der Waals surface area contributed by atoms with Gasteiger partial charge in [-0.15, -0.1) is 0 Å². The Labute approximate surface area is 181 Å². The van der Waals surface area contributed by atoms with E-state index in [9.17, 15) is 4.79 Å². The number of carbonyl (C=O) groups is 1. The third kappa shape index (κ3) is 7.35. The molecule has 0 spiro atoms. The standard InChI is InChI=1S/C22H25Cl2N3O2/c23-18-10-9-17(21(24)12-18)15-29-20-8-4-5-16(11-20)13-26-27-22(28)14-25-19-6-2-1-3-7-19/h4-5,8-13,19,25H,1-3,6-7,14-15H2,(H,27,28)/b26-13-. The van der Waals surface area contributed by atoms with Gasteiger partial charge in [-0.25, -0.2) is 5.43 Å². The van der Waals surface area contributed by atoms with E-state index in [1.165, 1.54) is 19.3 Å². The summed E-state index contributed by atoms with van der Waals surface area (Å²) in [6.07, 6.45) is 7.65. The first kappa shape index (κ1) is 21.6. The Kier molecular flexibility index (Phi) is 8.35. The molecule has 0 heterocycles. The lowest BCUT2D eigenvalue weighted by Crippen LogP contribution is -2.38. The fourth-order valence-electron chi connectivity index (χ4n) is 3.25. The Morgan fingerprint density at radius 3 is 2.76 bits per heavy atom. The number of amides is 1. The van der Waals surface area contributed by atoms with Crippen LogP contribution >= 0.6 is 23.2 Å². The Bertz CT molecular complexity index is 852. The van der Waals surface area contributed by atoms with Gasteiger partial charge in [0.05, 0.1) is 12.8 Å². The van der Waals surface area contributed by atoms with E-state index in [4.69, 9.17) is 27.9 Å². The van der Waals surface area contributed by atoms with Crippen LogP contribution in [0, 0.1) is 0 Å². The number of carbonyl (C=O) groups excluding carboxylic acids is 1. The maximum Gasteiger partial charge on any atom is 0.254 e. The molecule has 1 fully saturated rings. The molecule has 7 heteroatoms. The third-order valence-corrected chi connectivity index (χ3v) is 5.41. The normalized spacial score (nSPS) is 14.8. The molecule has 1 aliphatic rings. The summed E-state index contributed by atoms with van der Waals surface area (Å²) in [7, 11) is 0. The van der Waals surface area contributed by atoms with Crippen molar-refractivity contribution in [1.29, 1.82) is 0 Å². The van der Waals surface area contributed by atoms with Crippen LogP contribution in [-0.2, 0) is 11.4 Å². The first-order valence-electron chi connectivity index (χ1n) is 9.82. The van der Waals surface area contributed by atoms with E-state index in [-0.39, 0.29) is 12.5 Å². The van der Waals surface area contributed by atoms with Crippen LogP contribution in [0.25, 0.3) is 0 Å². The second kappa shape index (κ2) is 11.2.